The number of carbonyl (C=O) groups excluding carboxylic acids is 1. The van der Waals surface area contributed by atoms with Gasteiger partial charge in [0.25, 0.3) is 0 Å². The molecule has 2 rings (SSSR count). The summed E-state index contributed by atoms with van der Waals surface area (Å²) in [4.78, 5) is 16.8. The van der Waals surface area contributed by atoms with Crippen molar-refractivity contribution >= 4 is 17.2 Å². The molecular formula is C14H23N3OS. The van der Waals surface area contributed by atoms with Gasteiger partial charge in [0.1, 0.15) is 5.01 Å². The lowest BCUT2D eigenvalue weighted by atomic mass is 9.79. The summed E-state index contributed by atoms with van der Waals surface area (Å²) < 4.78 is 0. The zero-order valence-electron chi connectivity index (χ0n) is 11.5. The van der Waals surface area contributed by atoms with Gasteiger partial charge in [-0.1, -0.05) is 25.7 Å². The Kier molecular flexibility index (Phi) is 4.93. The van der Waals surface area contributed by atoms with E-state index in [-0.39, 0.29) is 17.4 Å². The minimum absolute atomic E-state index is 0.0285. The third-order valence-corrected chi connectivity index (χ3v) is 5.06. The fraction of sp³-hybridized carbons (Fsp3) is 0.714. The maximum Gasteiger partial charge on any atom is 0.228 e. The summed E-state index contributed by atoms with van der Waals surface area (Å²) in [5.74, 6) is 0.111. The van der Waals surface area contributed by atoms with Gasteiger partial charge in [0.2, 0.25) is 5.91 Å². The van der Waals surface area contributed by atoms with Gasteiger partial charge >= 0.3 is 0 Å². The predicted octanol–water partition coefficient (Wildman–Crippen LogP) is 2.62. The van der Waals surface area contributed by atoms with Crippen molar-refractivity contribution in [1.82, 2.24) is 10.3 Å². The summed E-state index contributed by atoms with van der Waals surface area (Å²) in [6.45, 7) is 2.43. The fourth-order valence-corrected chi connectivity index (χ4v) is 3.43. The van der Waals surface area contributed by atoms with Gasteiger partial charge in [-0.05, 0) is 19.8 Å². The molecule has 4 nitrogen and oxygen atoms in total. The van der Waals surface area contributed by atoms with Crippen molar-refractivity contribution in [3.8, 4) is 0 Å². The number of amides is 1. The third-order valence-electron chi connectivity index (χ3n) is 4.10. The van der Waals surface area contributed by atoms with Crippen LogP contribution in [0.4, 0.5) is 0 Å². The van der Waals surface area contributed by atoms with E-state index in [0.29, 0.717) is 6.54 Å². The monoisotopic (exact) mass is 281 g/mol. The number of hydrogen-bond acceptors (Lipinski definition) is 4. The molecular weight excluding hydrogens is 258 g/mol. The summed E-state index contributed by atoms with van der Waals surface area (Å²) in [6, 6.07) is -0.0285. The van der Waals surface area contributed by atoms with Crippen LogP contribution in [0.3, 0.4) is 0 Å². The number of thiazole rings is 1. The number of nitrogens with one attached hydrogen (secondary N) is 1. The van der Waals surface area contributed by atoms with E-state index in [9.17, 15) is 4.79 Å². The molecule has 1 aromatic heterocycles. The van der Waals surface area contributed by atoms with Crippen molar-refractivity contribution in [3.05, 3.63) is 16.6 Å². The Bertz CT molecular complexity index is 397. The highest BCUT2D eigenvalue weighted by atomic mass is 32.1. The minimum Gasteiger partial charge on any atom is -0.347 e. The number of nitrogens with two attached hydrogens (primary N) is 1. The van der Waals surface area contributed by atoms with E-state index in [1.165, 1.54) is 12.8 Å². The van der Waals surface area contributed by atoms with Gasteiger partial charge in [-0.3, -0.25) is 4.79 Å². The van der Waals surface area contributed by atoms with Crippen LogP contribution in [-0.4, -0.2) is 17.4 Å². The Hall–Kier alpha value is -0.940. The molecule has 5 heteroatoms. The Morgan fingerprint density at radius 1 is 1.47 bits per heavy atom. The van der Waals surface area contributed by atoms with Crippen LogP contribution in [0.15, 0.2) is 11.6 Å². The van der Waals surface area contributed by atoms with Gasteiger partial charge < -0.3 is 11.1 Å². The molecule has 0 saturated heterocycles. The number of aromatic nitrogens is 1. The first kappa shape index (κ1) is 14.5. The maximum absolute atomic E-state index is 12.6. The van der Waals surface area contributed by atoms with Crippen LogP contribution in [0.2, 0.25) is 0 Å². The summed E-state index contributed by atoms with van der Waals surface area (Å²) in [5.41, 5.74) is 5.57. The van der Waals surface area contributed by atoms with Crippen molar-refractivity contribution in [2.75, 3.05) is 6.54 Å². The highest BCUT2D eigenvalue weighted by Crippen LogP contribution is 2.35. The molecule has 0 radical (unpaired) electrons. The molecule has 1 aliphatic carbocycles. The molecule has 1 unspecified atom stereocenters. The van der Waals surface area contributed by atoms with Crippen molar-refractivity contribution in [3.63, 3.8) is 0 Å². The number of rotatable bonds is 4. The maximum atomic E-state index is 12.6. The van der Waals surface area contributed by atoms with Crippen LogP contribution < -0.4 is 11.1 Å². The van der Waals surface area contributed by atoms with Gasteiger partial charge in [0, 0.05) is 18.1 Å². The average molecular weight is 281 g/mol. The SMILES string of the molecule is CC(NC(=O)C1(CN)CCCCCC1)c1nccs1. The van der Waals surface area contributed by atoms with Gasteiger partial charge in [0.15, 0.2) is 0 Å². The first-order valence-electron chi connectivity index (χ1n) is 7.08. The molecule has 0 aromatic carbocycles. The lowest BCUT2D eigenvalue weighted by Gasteiger charge is -2.31. The topological polar surface area (TPSA) is 68.0 Å². The van der Waals surface area contributed by atoms with E-state index < -0.39 is 0 Å². The molecule has 106 valence electrons. The molecule has 0 aliphatic heterocycles. The Morgan fingerprint density at radius 2 is 2.16 bits per heavy atom. The van der Waals surface area contributed by atoms with Gasteiger partial charge in [-0.15, -0.1) is 11.3 Å². The van der Waals surface area contributed by atoms with E-state index in [2.05, 4.69) is 10.3 Å². The summed E-state index contributed by atoms with van der Waals surface area (Å²) in [5, 5.41) is 5.99. The zero-order valence-corrected chi connectivity index (χ0v) is 12.3. The fourth-order valence-electron chi connectivity index (χ4n) is 2.79. The average Bonchev–Trinajstić information content (AvgIpc) is 2.84. The third kappa shape index (κ3) is 3.34. The minimum atomic E-state index is -0.359. The van der Waals surface area contributed by atoms with Crippen LogP contribution in [0.1, 0.15) is 56.5 Å². The van der Waals surface area contributed by atoms with Crippen LogP contribution in [0.25, 0.3) is 0 Å². The Morgan fingerprint density at radius 3 is 2.68 bits per heavy atom. The molecule has 19 heavy (non-hydrogen) atoms. The van der Waals surface area contributed by atoms with Gasteiger partial charge in [-0.25, -0.2) is 4.98 Å². The molecule has 1 fully saturated rings. The van der Waals surface area contributed by atoms with Crippen molar-refractivity contribution < 1.29 is 4.79 Å². The molecule has 0 spiro atoms. The van der Waals surface area contributed by atoms with E-state index in [1.807, 2.05) is 12.3 Å². The molecule has 1 amide bonds. The highest BCUT2D eigenvalue weighted by molar-refractivity contribution is 7.09. The van der Waals surface area contributed by atoms with Gasteiger partial charge in [0.05, 0.1) is 11.5 Å². The standard InChI is InChI=1S/C14H23N3OS/c1-11(12-16-8-9-19-12)17-13(18)14(10-15)6-4-2-3-5-7-14/h8-9,11H,2-7,10,15H2,1H3,(H,17,18). The number of hydrogen-bond donors (Lipinski definition) is 2. The quantitative estimate of drug-likeness (QED) is 0.834. The van der Waals surface area contributed by atoms with Crippen molar-refractivity contribution in [2.45, 2.75) is 51.5 Å². The smallest absolute Gasteiger partial charge is 0.228 e. The van der Waals surface area contributed by atoms with Crippen molar-refractivity contribution in [2.24, 2.45) is 11.1 Å². The van der Waals surface area contributed by atoms with E-state index >= 15 is 0 Å². The first-order valence-corrected chi connectivity index (χ1v) is 7.96. The largest absolute Gasteiger partial charge is 0.347 e. The second-order valence-corrected chi connectivity index (χ2v) is 6.39. The lowest BCUT2D eigenvalue weighted by Crippen LogP contribution is -2.46. The van der Waals surface area contributed by atoms with E-state index in [1.54, 1.807) is 17.5 Å². The number of nitrogens with zero attached hydrogens (tertiary/aromatic N) is 1. The summed E-state index contributed by atoms with van der Waals surface area (Å²) in [7, 11) is 0. The highest BCUT2D eigenvalue weighted by Gasteiger charge is 2.37. The Balaban J connectivity index is 2.03. The zero-order chi connectivity index (χ0) is 13.7. The normalized spacial score (nSPS) is 20.5. The second-order valence-electron chi connectivity index (χ2n) is 5.46. The molecule has 1 atom stereocenters. The van der Waals surface area contributed by atoms with Crippen LogP contribution in [0.5, 0.6) is 0 Å². The molecule has 1 heterocycles. The van der Waals surface area contributed by atoms with Crippen LogP contribution in [0, 0.1) is 5.41 Å². The first-order chi connectivity index (χ1) is 9.18. The van der Waals surface area contributed by atoms with Gasteiger partial charge in [-0.2, -0.15) is 0 Å². The Labute approximate surface area is 118 Å². The van der Waals surface area contributed by atoms with Crippen LogP contribution in [-0.2, 0) is 4.79 Å². The molecule has 1 aromatic rings. The molecule has 1 aliphatic rings. The number of carbonyl (C=O) groups is 1. The van der Waals surface area contributed by atoms with E-state index in [0.717, 1.165) is 30.7 Å². The molecule has 3 N–H and O–H groups in total. The molecule has 1 saturated carbocycles. The summed E-state index contributed by atoms with van der Waals surface area (Å²) >= 11 is 1.57. The van der Waals surface area contributed by atoms with E-state index in [4.69, 9.17) is 5.73 Å². The summed E-state index contributed by atoms with van der Waals surface area (Å²) in [6.07, 6.45) is 8.26. The van der Waals surface area contributed by atoms with Crippen LogP contribution >= 0.6 is 11.3 Å². The van der Waals surface area contributed by atoms with Crippen molar-refractivity contribution in [1.29, 1.82) is 0 Å². The predicted molar refractivity (Wildman–Crippen MR) is 77.9 cm³/mol. The second kappa shape index (κ2) is 6.48. The lowest BCUT2D eigenvalue weighted by molar-refractivity contribution is -0.132. The molecule has 0 bridgehead atoms.